The second-order valence-electron chi connectivity index (χ2n) is 4.08. The van der Waals surface area contributed by atoms with Crippen LogP contribution in [0.1, 0.15) is 0 Å². The summed E-state index contributed by atoms with van der Waals surface area (Å²) in [5.74, 6) is 0.0327. The van der Waals surface area contributed by atoms with E-state index in [9.17, 15) is 9.18 Å². The fraction of sp³-hybridized carbons (Fsp3) is 0.308. The monoisotopic (exact) mass is 310 g/mol. The first-order valence-corrected chi connectivity index (χ1v) is 7.25. The van der Waals surface area contributed by atoms with Crippen molar-refractivity contribution in [2.75, 3.05) is 26.0 Å². The largest absolute Gasteiger partial charge is 0.383 e. The maximum Gasteiger partial charge on any atom is 0.230 e. The molecule has 0 aliphatic heterocycles. The Kier molecular flexibility index (Phi) is 5.70. The van der Waals surface area contributed by atoms with Crippen LogP contribution in [0.4, 0.5) is 4.39 Å². The van der Waals surface area contributed by atoms with Gasteiger partial charge >= 0.3 is 0 Å². The standard InChI is InChI=1S/C13H15FN4O2S/c1-20-7-6-15-11(19)8-21-13-16-12(17-18-13)9-4-2-3-5-10(9)14/h2-5H,6-8H2,1H3,(H,15,19)(H,16,17,18). The molecule has 2 aromatic rings. The van der Waals surface area contributed by atoms with Crippen molar-refractivity contribution in [1.29, 1.82) is 0 Å². The molecule has 1 heterocycles. The number of halogens is 1. The molecule has 112 valence electrons. The number of benzene rings is 1. The number of aromatic amines is 1. The number of nitrogens with one attached hydrogen (secondary N) is 2. The lowest BCUT2D eigenvalue weighted by molar-refractivity contribution is -0.118. The van der Waals surface area contributed by atoms with Crippen LogP contribution in [0.3, 0.4) is 0 Å². The first kappa shape index (κ1) is 15.5. The lowest BCUT2D eigenvalue weighted by Gasteiger charge is -2.02. The maximum absolute atomic E-state index is 13.6. The van der Waals surface area contributed by atoms with Crippen molar-refractivity contribution in [1.82, 2.24) is 20.5 Å². The van der Waals surface area contributed by atoms with Gasteiger partial charge in [0.2, 0.25) is 11.1 Å². The van der Waals surface area contributed by atoms with E-state index in [0.29, 0.717) is 29.7 Å². The van der Waals surface area contributed by atoms with Gasteiger partial charge < -0.3 is 10.1 Å². The van der Waals surface area contributed by atoms with Crippen LogP contribution in [0.5, 0.6) is 0 Å². The Morgan fingerprint density at radius 2 is 2.29 bits per heavy atom. The molecule has 0 aliphatic rings. The van der Waals surface area contributed by atoms with Gasteiger partial charge in [-0.05, 0) is 12.1 Å². The van der Waals surface area contributed by atoms with Crippen molar-refractivity contribution in [2.45, 2.75) is 5.16 Å². The molecule has 0 radical (unpaired) electrons. The highest BCUT2D eigenvalue weighted by Crippen LogP contribution is 2.21. The second-order valence-corrected chi connectivity index (χ2v) is 5.02. The third-order valence-electron chi connectivity index (χ3n) is 2.55. The van der Waals surface area contributed by atoms with Gasteiger partial charge in [-0.2, -0.15) is 0 Å². The van der Waals surface area contributed by atoms with Crippen LogP contribution in [0.25, 0.3) is 11.4 Å². The first-order chi connectivity index (χ1) is 10.2. The molecule has 2 N–H and O–H groups in total. The van der Waals surface area contributed by atoms with Crippen molar-refractivity contribution in [3.05, 3.63) is 30.1 Å². The molecule has 1 aromatic heterocycles. The maximum atomic E-state index is 13.6. The zero-order valence-corrected chi connectivity index (χ0v) is 12.2. The van der Waals surface area contributed by atoms with Gasteiger partial charge in [-0.1, -0.05) is 23.9 Å². The molecule has 8 heteroatoms. The van der Waals surface area contributed by atoms with Gasteiger partial charge in [0.05, 0.1) is 17.9 Å². The summed E-state index contributed by atoms with van der Waals surface area (Å²) < 4.78 is 18.4. The number of thioether (sulfide) groups is 1. The van der Waals surface area contributed by atoms with Gasteiger partial charge in [0.15, 0.2) is 5.82 Å². The number of methoxy groups -OCH3 is 1. The van der Waals surface area contributed by atoms with Gasteiger partial charge in [0.25, 0.3) is 0 Å². The first-order valence-electron chi connectivity index (χ1n) is 6.26. The van der Waals surface area contributed by atoms with Crippen molar-refractivity contribution in [2.24, 2.45) is 0 Å². The van der Waals surface area contributed by atoms with Crippen LogP contribution in [-0.2, 0) is 9.53 Å². The van der Waals surface area contributed by atoms with E-state index in [1.54, 1.807) is 25.3 Å². The fourth-order valence-electron chi connectivity index (χ4n) is 1.56. The average Bonchev–Trinajstić information content (AvgIpc) is 2.94. The zero-order chi connectivity index (χ0) is 15.1. The number of ether oxygens (including phenoxy) is 1. The lowest BCUT2D eigenvalue weighted by atomic mass is 10.2. The third-order valence-corrected chi connectivity index (χ3v) is 3.40. The normalized spacial score (nSPS) is 10.6. The number of carbonyl (C=O) groups excluding carboxylic acids is 1. The van der Waals surface area contributed by atoms with Gasteiger partial charge in [0.1, 0.15) is 5.82 Å². The summed E-state index contributed by atoms with van der Waals surface area (Å²) in [6, 6.07) is 6.29. The van der Waals surface area contributed by atoms with E-state index in [-0.39, 0.29) is 17.5 Å². The molecule has 0 unspecified atom stereocenters. The van der Waals surface area contributed by atoms with Crippen LogP contribution in [0, 0.1) is 5.82 Å². The van der Waals surface area contributed by atoms with Crippen LogP contribution in [-0.4, -0.2) is 47.1 Å². The number of H-pyrrole nitrogens is 1. The molecule has 21 heavy (non-hydrogen) atoms. The summed E-state index contributed by atoms with van der Waals surface area (Å²) in [7, 11) is 1.57. The number of nitrogens with zero attached hydrogens (tertiary/aromatic N) is 2. The molecule has 2 rings (SSSR count). The number of hydrogen-bond acceptors (Lipinski definition) is 5. The van der Waals surface area contributed by atoms with Crippen LogP contribution in [0.15, 0.2) is 29.4 Å². The van der Waals surface area contributed by atoms with Crippen molar-refractivity contribution in [3.63, 3.8) is 0 Å². The summed E-state index contributed by atoms with van der Waals surface area (Å²) in [6.45, 7) is 0.929. The predicted octanol–water partition coefficient (Wildman–Crippen LogP) is 1.47. The topological polar surface area (TPSA) is 79.9 Å². The molecular formula is C13H15FN4O2S. The minimum Gasteiger partial charge on any atom is -0.383 e. The quantitative estimate of drug-likeness (QED) is 0.598. The van der Waals surface area contributed by atoms with Gasteiger partial charge in [0, 0.05) is 13.7 Å². The van der Waals surface area contributed by atoms with E-state index in [4.69, 9.17) is 4.74 Å². The second kappa shape index (κ2) is 7.75. The van der Waals surface area contributed by atoms with E-state index in [2.05, 4.69) is 20.5 Å². The molecule has 0 atom stereocenters. The molecule has 0 spiro atoms. The molecule has 0 saturated carbocycles. The Hall–Kier alpha value is -1.93. The van der Waals surface area contributed by atoms with Crippen LogP contribution < -0.4 is 5.32 Å². The third kappa shape index (κ3) is 4.54. The number of amides is 1. The van der Waals surface area contributed by atoms with E-state index < -0.39 is 0 Å². The molecule has 0 aliphatic carbocycles. The Balaban J connectivity index is 1.89. The van der Waals surface area contributed by atoms with Crippen LogP contribution in [0.2, 0.25) is 0 Å². The smallest absolute Gasteiger partial charge is 0.230 e. The van der Waals surface area contributed by atoms with E-state index in [1.807, 2.05) is 0 Å². The summed E-state index contributed by atoms with van der Waals surface area (Å²) >= 11 is 1.18. The van der Waals surface area contributed by atoms with Crippen molar-refractivity contribution in [3.8, 4) is 11.4 Å². The van der Waals surface area contributed by atoms with E-state index in [1.165, 1.54) is 17.8 Å². The predicted molar refractivity (Wildman–Crippen MR) is 77.4 cm³/mol. The lowest BCUT2D eigenvalue weighted by Crippen LogP contribution is -2.28. The van der Waals surface area contributed by atoms with Gasteiger partial charge in [-0.15, -0.1) is 5.10 Å². The molecule has 0 saturated heterocycles. The minimum absolute atomic E-state index is 0.130. The van der Waals surface area contributed by atoms with E-state index in [0.717, 1.165) is 0 Å². The summed E-state index contributed by atoms with van der Waals surface area (Å²) in [6.07, 6.45) is 0. The average molecular weight is 310 g/mol. The number of rotatable bonds is 7. The Morgan fingerprint density at radius 3 is 3.05 bits per heavy atom. The number of carbonyl (C=O) groups is 1. The summed E-state index contributed by atoms with van der Waals surface area (Å²) in [4.78, 5) is 15.7. The van der Waals surface area contributed by atoms with Crippen molar-refractivity contribution >= 4 is 17.7 Å². The van der Waals surface area contributed by atoms with Crippen LogP contribution >= 0.6 is 11.8 Å². The number of aromatic nitrogens is 3. The van der Waals surface area contributed by atoms with Gasteiger partial charge in [-0.25, -0.2) is 9.37 Å². The highest BCUT2D eigenvalue weighted by molar-refractivity contribution is 7.99. The number of hydrogen-bond donors (Lipinski definition) is 2. The molecule has 6 nitrogen and oxygen atoms in total. The SMILES string of the molecule is COCCNC(=O)CSc1n[nH]c(-c2ccccc2F)n1. The minimum atomic E-state index is -0.373. The Morgan fingerprint density at radius 1 is 1.48 bits per heavy atom. The van der Waals surface area contributed by atoms with Crippen molar-refractivity contribution < 1.29 is 13.9 Å². The Bertz CT molecular complexity index is 605. The molecule has 1 aromatic carbocycles. The van der Waals surface area contributed by atoms with Gasteiger partial charge in [-0.3, -0.25) is 9.89 Å². The molecular weight excluding hydrogens is 295 g/mol. The van der Waals surface area contributed by atoms with E-state index >= 15 is 0 Å². The highest BCUT2D eigenvalue weighted by Gasteiger charge is 2.11. The Labute approximate surface area is 125 Å². The highest BCUT2D eigenvalue weighted by atomic mass is 32.2. The summed E-state index contributed by atoms with van der Waals surface area (Å²) in [5.41, 5.74) is 0.349. The zero-order valence-electron chi connectivity index (χ0n) is 11.4. The fourth-order valence-corrected chi connectivity index (χ4v) is 2.19. The molecule has 0 bridgehead atoms. The molecule has 1 amide bonds. The summed E-state index contributed by atoms with van der Waals surface area (Å²) in [5, 5.41) is 9.71. The molecule has 0 fully saturated rings.